The summed E-state index contributed by atoms with van der Waals surface area (Å²) in [5.41, 5.74) is 0.462. The Morgan fingerprint density at radius 2 is 2.00 bits per heavy atom. The Labute approximate surface area is 176 Å². The van der Waals surface area contributed by atoms with E-state index in [1.807, 2.05) is 0 Å². The zero-order valence-electron chi connectivity index (χ0n) is 15.8. The highest BCUT2D eigenvalue weighted by atomic mass is 79.9. The number of fused-ring (bicyclic) bond motifs is 1. The lowest BCUT2D eigenvalue weighted by molar-refractivity contribution is -0.383. The van der Waals surface area contributed by atoms with E-state index in [0.29, 0.717) is 15.4 Å². The molecule has 3 rings (SSSR count). The number of hydrogen-bond donors (Lipinski definition) is 0. The van der Waals surface area contributed by atoms with Gasteiger partial charge in [0.2, 0.25) is 0 Å². The van der Waals surface area contributed by atoms with Gasteiger partial charge in [-0.15, -0.1) is 0 Å². The third-order valence-corrected chi connectivity index (χ3v) is 5.45. The van der Waals surface area contributed by atoms with Gasteiger partial charge >= 0.3 is 18.4 Å². The first-order valence-corrected chi connectivity index (χ1v) is 9.84. The van der Waals surface area contributed by atoms with Crippen LogP contribution in [-0.4, -0.2) is 58.6 Å². The fraction of sp³-hybridized carbons (Fsp3) is 0.500. The van der Waals surface area contributed by atoms with Crippen LogP contribution < -0.4 is 0 Å². The van der Waals surface area contributed by atoms with Crippen molar-refractivity contribution >= 4 is 38.6 Å². The summed E-state index contributed by atoms with van der Waals surface area (Å²) in [7, 11) is 0. The molecule has 1 aromatic carbocycles. The van der Waals surface area contributed by atoms with Crippen LogP contribution in [0.15, 0.2) is 22.8 Å². The minimum absolute atomic E-state index is 0.0683. The number of likely N-dealkylation sites (tertiary alicyclic amines) is 1. The summed E-state index contributed by atoms with van der Waals surface area (Å²) < 4.78 is 58.1. The van der Waals surface area contributed by atoms with Crippen molar-refractivity contribution in [1.29, 1.82) is 0 Å². The number of hydrogen-bond acceptors (Lipinski definition) is 5. The Balaban J connectivity index is 1.72. The molecule has 0 spiro atoms. The smallest absolute Gasteiger partial charge is 0.418 e. The molecule has 0 unspecified atom stereocenters. The van der Waals surface area contributed by atoms with Gasteiger partial charge in [-0.25, -0.2) is 18.1 Å². The highest BCUT2D eigenvalue weighted by molar-refractivity contribution is 9.10. The van der Waals surface area contributed by atoms with E-state index in [4.69, 9.17) is 4.74 Å². The number of piperidine rings is 1. The SMILES string of the molecule is Cc1cn(C(=O)OC2CCN(CC(F)(F)C(F)F)CC2)c2c([N+](=O)[O-])cc(Br)cc12. The van der Waals surface area contributed by atoms with Gasteiger partial charge in [0, 0.05) is 35.2 Å². The summed E-state index contributed by atoms with van der Waals surface area (Å²) in [6, 6.07) is 2.94. The summed E-state index contributed by atoms with van der Waals surface area (Å²) in [4.78, 5) is 24.7. The van der Waals surface area contributed by atoms with Gasteiger partial charge in [0.25, 0.3) is 5.69 Å². The normalized spacial score (nSPS) is 16.4. The molecule has 0 atom stereocenters. The molecule has 0 aliphatic carbocycles. The molecule has 2 aromatic rings. The standard InChI is InChI=1S/C18H18BrF4N3O4/c1-10-8-25(15-13(10)6-11(19)7-14(15)26(28)29)17(27)30-12-2-4-24(5-3-12)9-18(22,23)16(20)21/h6-8,12,16H,2-5,9H2,1H3. The Hall–Kier alpha value is -2.21. The molecule has 0 bridgehead atoms. The van der Waals surface area contributed by atoms with Crippen molar-refractivity contribution < 1.29 is 32.0 Å². The first kappa shape index (κ1) is 22.5. The van der Waals surface area contributed by atoms with Crippen molar-refractivity contribution in [3.8, 4) is 0 Å². The molecule has 0 amide bonds. The molecular formula is C18H18BrF4N3O4. The van der Waals surface area contributed by atoms with Crippen LogP contribution >= 0.6 is 15.9 Å². The number of ether oxygens (including phenoxy) is 1. The third kappa shape index (κ3) is 4.59. The molecule has 2 heterocycles. The van der Waals surface area contributed by atoms with E-state index in [1.54, 1.807) is 13.0 Å². The second kappa shape index (κ2) is 8.50. The van der Waals surface area contributed by atoms with Crippen LogP contribution in [0.5, 0.6) is 0 Å². The zero-order chi connectivity index (χ0) is 22.2. The van der Waals surface area contributed by atoms with Crippen LogP contribution in [0.2, 0.25) is 0 Å². The minimum atomic E-state index is -4.10. The minimum Gasteiger partial charge on any atom is -0.445 e. The quantitative estimate of drug-likeness (QED) is 0.332. The Morgan fingerprint density at radius 3 is 2.57 bits per heavy atom. The van der Waals surface area contributed by atoms with Gasteiger partial charge in [0.1, 0.15) is 11.6 Å². The van der Waals surface area contributed by atoms with Gasteiger partial charge in [-0.1, -0.05) is 15.9 Å². The number of carbonyl (C=O) groups excluding carboxylic acids is 1. The van der Waals surface area contributed by atoms with E-state index >= 15 is 0 Å². The molecule has 1 aliphatic heterocycles. The molecule has 12 heteroatoms. The predicted octanol–water partition coefficient (Wildman–Crippen LogP) is 4.97. The molecule has 1 fully saturated rings. The van der Waals surface area contributed by atoms with Crippen molar-refractivity contribution in [3.63, 3.8) is 0 Å². The lowest BCUT2D eigenvalue weighted by atomic mass is 10.1. The number of nitro benzene ring substituents is 1. The predicted molar refractivity (Wildman–Crippen MR) is 103 cm³/mol. The first-order chi connectivity index (χ1) is 14.0. The second-order valence-corrected chi connectivity index (χ2v) is 8.10. The number of aryl methyl sites for hydroxylation is 1. The number of nitro groups is 1. The number of aromatic nitrogens is 1. The van der Waals surface area contributed by atoms with E-state index in [1.165, 1.54) is 17.2 Å². The first-order valence-electron chi connectivity index (χ1n) is 9.04. The Bertz CT molecular complexity index is 974. The van der Waals surface area contributed by atoms with Gasteiger partial charge in [-0.3, -0.25) is 15.0 Å². The van der Waals surface area contributed by atoms with Crippen molar-refractivity contribution in [2.24, 2.45) is 0 Å². The third-order valence-electron chi connectivity index (χ3n) is 4.99. The molecule has 30 heavy (non-hydrogen) atoms. The lowest BCUT2D eigenvalue weighted by Crippen LogP contribution is -2.46. The van der Waals surface area contributed by atoms with Crippen molar-refractivity contribution in [1.82, 2.24) is 9.47 Å². The summed E-state index contributed by atoms with van der Waals surface area (Å²) in [6.45, 7) is 0.773. The van der Waals surface area contributed by atoms with Crippen LogP contribution in [-0.2, 0) is 4.74 Å². The largest absolute Gasteiger partial charge is 0.445 e. The van der Waals surface area contributed by atoms with Crippen molar-refractivity contribution in [2.75, 3.05) is 19.6 Å². The molecule has 1 aromatic heterocycles. The molecule has 7 nitrogen and oxygen atoms in total. The number of alkyl halides is 4. The maximum atomic E-state index is 13.2. The van der Waals surface area contributed by atoms with E-state index in [0.717, 1.165) is 4.57 Å². The van der Waals surface area contributed by atoms with E-state index in [-0.39, 0.29) is 37.1 Å². The van der Waals surface area contributed by atoms with Gasteiger partial charge < -0.3 is 4.74 Å². The van der Waals surface area contributed by atoms with Crippen LogP contribution in [0, 0.1) is 17.0 Å². The molecule has 1 saturated heterocycles. The maximum Gasteiger partial charge on any atom is 0.418 e. The van der Waals surface area contributed by atoms with Gasteiger partial charge in [0.05, 0.1) is 11.5 Å². The number of benzene rings is 1. The van der Waals surface area contributed by atoms with Crippen LogP contribution in [0.25, 0.3) is 10.9 Å². The summed E-state index contributed by atoms with van der Waals surface area (Å²) >= 11 is 3.21. The molecule has 164 valence electrons. The van der Waals surface area contributed by atoms with E-state index in [9.17, 15) is 32.5 Å². The number of rotatable bonds is 5. The molecule has 0 N–H and O–H groups in total. The number of halogens is 5. The highest BCUT2D eigenvalue weighted by Gasteiger charge is 2.43. The lowest BCUT2D eigenvalue weighted by Gasteiger charge is -2.33. The molecule has 1 aliphatic rings. The van der Waals surface area contributed by atoms with Gasteiger partial charge in [-0.2, -0.15) is 8.78 Å². The number of non-ortho nitro benzene ring substituents is 1. The Kier molecular flexibility index (Phi) is 6.37. The second-order valence-electron chi connectivity index (χ2n) is 7.18. The monoisotopic (exact) mass is 495 g/mol. The van der Waals surface area contributed by atoms with Crippen molar-refractivity contribution in [2.45, 2.75) is 38.2 Å². The summed E-state index contributed by atoms with van der Waals surface area (Å²) in [5.74, 6) is -4.10. The van der Waals surface area contributed by atoms with E-state index < -0.39 is 36.0 Å². The van der Waals surface area contributed by atoms with Crippen molar-refractivity contribution in [3.05, 3.63) is 38.5 Å². The van der Waals surface area contributed by atoms with Crippen LogP contribution in [0.1, 0.15) is 18.4 Å². The average molecular weight is 496 g/mol. The fourth-order valence-corrected chi connectivity index (χ4v) is 3.95. The Morgan fingerprint density at radius 1 is 1.37 bits per heavy atom. The summed E-state index contributed by atoms with van der Waals surface area (Å²) in [6.07, 6.45) is -3.36. The van der Waals surface area contributed by atoms with Gasteiger partial charge in [-0.05, 0) is 31.4 Å². The van der Waals surface area contributed by atoms with Gasteiger partial charge in [0.15, 0.2) is 0 Å². The molecular weight excluding hydrogens is 478 g/mol. The molecule has 0 saturated carbocycles. The molecule has 0 radical (unpaired) electrons. The number of nitrogens with zero attached hydrogens (tertiary/aromatic N) is 3. The maximum absolute atomic E-state index is 13.2. The van der Waals surface area contributed by atoms with Crippen LogP contribution in [0.3, 0.4) is 0 Å². The average Bonchev–Trinajstić information content (AvgIpc) is 2.99. The topological polar surface area (TPSA) is 77.6 Å². The summed E-state index contributed by atoms with van der Waals surface area (Å²) in [5, 5.41) is 11.9. The highest BCUT2D eigenvalue weighted by Crippen LogP contribution is 2.34. The fourth-order valence-electron chi connectivity index (χ4n) is 3.50. The number of carbonyl (C=O) groups is 1. The van der Waals surface area contributed by atoms with E-state index in [2.05, 4.69) is 15.9 Å². The van der Waals surface area contributed by atoms with Crippen LogP contribution in [0.4, 0.5) is 28.0 Å². The zero-order valence-corrected chi connectivity index (χ0v) is 17.4.